The molecule has 10 heteroatoms. The van der Waals surface area contributed by atoms with Gasteiger partial charge in [0.25, 0.3) is 0 Å². The molecule has 6 nitrogen and oxygen atoms in total. The number of carbonyl (C=O) groups is 1. The third-order valence-corrected chi connectivity index (χ3v) is 6.69. The van der Waals surface area contributed by atoms with E-state index < -0.39 is 33.8 Å². The molecule has 1 saturated carbocycles. The lowest BCUT2D eigenvalue weighted by molar-refractivity contribution is -0.154. The Labute approximate surface area is 156 Å². The lowest BCUT2D eigenvalue weighted by Gasteiger charge is -2.34. The van der Waals surface area contributed by atoms with E-state index in [1.165, 1.54) is 18.3 Å². The summed E-state index contributed by atoms with van der Waals surface area (Å²) in [7, 11) is -2.52. The van der Waals surface area contributed by atoms with E-state index in [0.717, 1.165) is 24.3 Å². The summed E-state index contributed by atoms with van der Waals surface area (Å²) < 4.78 is 69.9. The van der Waals surface area contributed by atoms with Gasteiger partial charge in [0, 0.05) is 13.1 Å². The number of halogens is 3. The van der Waals surface area contributed by atoms with Gasteiger partial charge in [-0.2, -0.15) is 17.5 Å². The minimum Gasteiger partial charge on any atom is -0.479 e. The Kier molecular flexibility index (Phi) is 6.54. The number of ether oxygens (including phenoxy) is 1. The molecule has 27 heavy (non-hydrogen) atoms. The van der Waals surface area contributed by atoms with Gasteiger partial charge in [-0.1, -0.05) is 0 Å². The van der Waals surface area contributed by atoms with E-state index in [-0.39, 0.29) is 17.0 Å². The monoisotopic (exact) mass is 409 g/mol. The number of carboxylic acid groups (broad SMARTS) is 1. The molecule has 1 aromatic rings. The van der Waals surface area contributed by atoms with Crippen LogP contribution in [-0.2, 0) is 25.7 Å². The van der Waals surface area contributed by atoms with Gasteiger partial charge in [-0.15, -0.1) is 0 Å². The first kappa shape index (κ1) is 21.6. The van der Waals surface area contributed by atoms with Crippen molar-refractivity contribution in [3.8, 4) is 0 Å². The van der Waals surface area contributed by atoms with Crippen molar-refractivity contribution < 1.29 is 36.2 Å². The van der Waals surface area contributed by atoms with Gasteiger partial charge in [-0.25, -0.2) is 13.2 Å². The predicted molar refractivity (Wildman–Crippen MR) is 90.6 cm³/mol. The molecular weight excluding hydrogens is 387 g/mol. The highest BCUT2D eigenvalue weighted by Gasteiger charge is 2.34. The zero-order valence-corrected chi connectivity index (χ0v) is 15.8. The summed E-state index contributed by atoms with van der Waals surface area (Å²) in [6.45, 7) is 1.44. The Hall–Kier alpha value is -1.65. The molecule has 0 saturated heterocycles. The number of hydrogen-bond donors (Lipinski definition) is 1. The number of benzene rings is 1. The van der Waals surface area contributed by atoms with Gasteiger partial charge in [0.2, 0.25) is 10.0 Å². The molecule has 0 spiro atoms. The van der Waals surface area contributed by atoms with E-state index in [9.17, 15) is 26.4 Å². The first-order chi connectivity index (χ1) is 12.4. The molecule has 0 bridgehead atoms. The van der Waals surface area contributed by atoms with E-state index in [1.54, 1.807) is 0 Å². The van der Waals surface area contributed by atoms with Gasteiger partial charge in [0.05, 0.1) is 16.6 Å². The van der Waals surface area contributed by atoms with E-state index in [4.69, 9.17) is 9.84 Å². The van der Waals surface area contributed by atoms with Crippen LogP contribution in [0.25, 0.3) is 0 Å². The van der Waals surface area contributed by atoms with Crippen LogP contribution >= 0.6 is 0 Å². The number of aliphatic carboxylic acids is 1. The summed E-state index contributed by atoms with van der Waals surface area (Å²) in [5, 5.41) is 8.87. The first-order valence-corrected chi connectivity index (χ1v) is 9.90. The second-order valence-corrected chi connectivity index (χ2v) is 8.59. The molecule has 1 N–H and O–H groups in total. The topological polar surface area (TPSA) is 83.9 Å². The lowest BCUT2D eigenvalue weighted by atomic mass is 9.93. The number of nitrogens with zero attached hydrogens (tertiary/aromatic N) is 1. The molecule has 1 aliphatic carbocycles. The van der Waals surface area contributed by atoms with Crippen molar-refractivity contribution in [3.63, 3.8) is 0 Å². The van der Waals surface area contributed by atoms with Crippen LogP contribution < -0.4 is 0 Å². The summed E-state index contributed by atoms with van der Waals surface area (Å²) in [5.74, 6) is -1.06. The van der Waals surface area contributed by atoms with Gasteiger partial charge in [-0.05, 0) is 56.9 Å². The minimum atomic E-state index is -4.53. The van der Waals surface area contributed by atoms with Gasteiger partial charge < -0.3 is 9.84 Å². The maximum atomic E-state index is 12.7. The SMILES string of the molecule is CC(O[C@H]1CC[C@H](N(C)S(=O)(=O)c2ccc(C(F)(F)F)cc2)CC1)C(=O)O. The molecule has 1 fully saturated rings. The van der Waals surface area contributed by atoms with Gasteiger partial charge in [-0.3, -0.25) is 0 Å². The molecule has 0 aliphatic heterocycles. The minimum absolute atomic E-state index is 0.198. The highest BCUT2D eigenvalue weighted by atomic mass is 32.2. The molecule has 1 aromatic carbocycles. The van der Waals surface area contributed by atoms with Crippen LogP contribution in [0.1, 0.15) is 38.2 Å². The molecule has 0 amide bonds. The number of sulfonamides is 1. The van der Waals surface area contributed by atoms with Gasteiger partial charge in [0.15, 0.2) is 6.10 Å². The van der Waals surface area contributed by atoms with Crippen molar-refractivity contribution in [1.29, 1.82) is 0 Å². The lowest BCUT2D eigenvalue weighted by Crippen LogP contribution is -2.41. The number of hydrogen-bond acceptors (Lipinski definition) is 4. The highest BCUT2D eigenvalue weighted by molar-refractivity contribution is 7.89. The largest absolute Gasteiger partial charge is 0.479 e. The Balaban J connectivity index is 2.02. The highest BCUT2D eigenvalue weighted by Crippen LogP contribution is 2.32. The third-order valence-electron chi connectivity index (χ3n) is 4.76. The van der Waals surface area contributed by atoms with E-state index in [1.807, 2.05) is 0 Å². The fraction of sp³-hybridized carbons (Fsp3) is 0.588. The molecule has 152 valence electrons. The second kappa shape index (κ2) is 8.15. The Morgan fingerprint density at radius 2 is 1.70 bits per heavy atom. The zero-order valence-electron chi connectivity index (χ0n) is 14.9. The molecular formula is C17H22F3NO5S. The standard InChI is InChI=1S/C17H22F3NO5S/c1-11(16(22)23)26-14-7-5-13(6-8-14)21(2)27(24,25)15-9-3-12(4-10-15)17(18,19)20/h3-4,9-11,13-14H,5-8H2,1-2H3,(H,22,23)/t11?,13-,14-. The summed E-state index contributed by atoms with van der Waals surface area (Å²) in [4.78, 5) is 10.6. The average Bonchev–Trinajstić information content (AvgIpc) is 2.61. The molecule has 1 atom stereocenters. The van der Waals surface area contributed by atoms with Crippen molar-refractivity contribution in [1.82, 2.24) is 4.31 Å². The van der Waals surface area contributed by atoms with Gasteiger partial charge in [0.1, 0.15) is 0 Å². The fourth-order valence-electron chi connectivity index (χ4n) is 3.07. The zero-order chi connectivity index (χ0) is 20.4. The van der Waals surface area contributed by atoms with Gasteiger partial charge >= 0.3 is 12.1 Å². The molecule has 0 radical (unpaired) electrons. The summed E-state index contributed by atoms with van der Waals surface area (Å²) in [5.41, 5.74) is -0.908. The maximum absolute atomic E-state index is 12.7. The van der Waals surface area contributed by atoms with Crippen molar-refractivity contribution in [2.75, 3.05) is 7.05 Å². The van der Waals surface area contributed by atoms with E-state index >= 15 is 0 Å². The molecule has 1 unspecified atom stereocenters. The first-order valence-electron chi connectivity index (χ1n) is 8.46. The van der Waals surface area contributed by atoms with Crippen LogP contribution in [0, 0.1) is 0 Å². The Bertz CT molecular complexity index is 756. The van der Waals surface area contributed by atoms with Crippen molar-refractivity contribution >= 4 is 16.0 Å². The molecule has 2 rings (SSSR count). The molecule has 0 heterocycles. The Morgan fingerprint density at radius 3 is 2.15 bits per heavy atom. The number of carboxylic acids is 1. The maximum Gasteiger partial charge on any atom is 0.416 e. The molecule has 0 aromatic heterocycles. The normalized spacial score (nSPS) is 22.6. The van der Waals surface area contributed by atoms with Crippen LogP contribution in [0.15, 0.2) is 29.2 Å². The van der Waals surface area contributed by atoms with Crippen LogP contribution in [-0.4, -0.2) is 49.1 Å². The third kappa shape index (κ3) is 5.20. The summed E-state index contributed by atoms with van der Waals surface area (Å²) in [6.07, 6.45) is -3.74. The van der Waals surface area contributed by atoms with Crippen molar-refractivity contribution in [2.45, 2.75) is 61.9 Å². The summed E-state index contributed by atoms with van der Waals surface area (Å²) >= 11 is 0. The number of rotatable bonds is 6. The van der Waals surface area contributed by atoms with E-state index in [0.29, 0.717) is 25.7 Å². The van der Waals surface area contributed by atoms with Crippen LogP contribution in [0.5, 0.6) is 0 Å². The quantitative estimate of drug-likeness (QED) is 0.781. The molecule has 1 aliphatic rings. The fourth-order valence-corrected chi connectivity index (χ4v) is 4.49. The average molecular weight is 409 g/mol. The van der Waals surface area contributed by atoms with Crippen molar-refractivity contribution in [3.05, 3.63) is 29.8 Å². The van der Waals surface area contributed by atoms with Crippen LogP contribution in [0.3, 0.4) is 0 Å². The number of alkyl halides is 3. The second-order valence-electron chi connectivity index (χ2n) is 6.59. The van der Waals surface area contributed by atoms with Crippen LogP contribution in [0.2, 0.25) is 0 Å². The van der Waals surface area contributed by atoms with Crippen LogP contribution in [0.4, 0.5) is 13.2 Å². The van der Waals surface area contributed by atoms with Crippen molar-refractivity contribution in [2.24, 2.45) is 0 Å². The van der Waals surface area contributed by atoms with E-state index in [2.05, 4.69) is 0 Å². The predicted octanol–water partition coefficient (Wildman–Crippen LogP) is 3.13. The smallest absolute Gasteiger partial charge is 0.416 e. The Morgan fingerprint density at radius 1 is 1.19 bits per heavy atom. The summed E-state index contributed by atoms with van der Waals surface area (Å²) in [6, 6.07) is 3.09.